The van der Waals surface area contributed by atoms with E-state index in [-0.39, 0.29) is 0 Å². The smallest absolute Gasteiger partial charge is 0.0503 e. The van der Waals surface area contributed by atoms with Crippen molar-refractivity contribution in [2.24, 2.45) is 0 Å². The zero-order chi connectivity index (χ0) is 14.4. The topological polar surface area (TPSA) is 21.3 Å². The average molecular weight is 355 g/mol. The summed E-state index contributed by atoms with van der Waals surface area (Å²) in [7, 11) is 1.72. The number of nitrogens with one attached hydrogen (secondary N) is 1. The van der Waals surface area contributed by atoms with Gasteiger partial charge in [0.05, 0.1) is 6.61 Å². The SMILES string of the molecule is COCCc1ccccc1NCc1ccc(Cl)cc1Br. The summed E-state index contributed by atoms with van der Waals surface area (Å²) < 4.78 is 6.17. The van der Waals surface area contributed by atoms with Gasteiger partial charge < -0.3 is 10.1 Å². The number of hydrogen-bond acceptors (Lipinski definition) is 2. The summed E-state index contributed by atoms with van der Waals surface area (Å²) in [5.41, 5.74) is 3.58. The Labute approximate surface area is 133 Å². The molecule has 0 atom stereocenters. The Morgan fingerprint density at radius 2 is 1.95 bits per heavy atom. The van der Waals surface area contributed by atoms with Crippen LogP contribution in [0, 0.1) is 0 Å². The Bertz CT molecular complexity index is 574. The van der Waals surface area contributed by atoms with Gasteiger partial charge in [0, 0.05) is 28.8 Å². The molecular weight excluding hydrogens is 338 g/mol. The van der Waals surface area contributed by atoms with Gasteiger partial charge in [0.2, 0.25) is 0 Å². The minimum absolute atomic E-state index is 0.726. The summed E-state index contributed by atoms with van der Waals surface area (Å²) in [6.07, 6.45) is 0.904. The van der Waals surface area contributed by atoms with E-state index in [1.54, 1.807) is 7.11 Å². The fraction of sp³-hybridized carbons (Fsp3) is 0.250. The van der Waals surface area contributed by atoms with Gasteiger partial charge in [0.15, 0.2) is 0 Å². The third kappa shape index (κ3) is 4.23. The van der Waals surface area contributed by atoms with Gasteiger partial charge in [0.1, 0.15) is 0 Å². The molecule has 0 aromatic heterocycles. The first kappa shape index (κ1) is 15.4. The molecular formula is C16H17BrClNO. The molecule has 2 aromatic rings. The van der Waals surface area contributed by atoms with E-state index in [1.165, 1.54) is 11.1 Å². The van der Waals surface area contributed by atoms with E-state index in [0.717, 1.165) is 34.8 Å². The molecule has 0 spiro atoms. The van der Waals surface area contributed by atoms with Crippen molar-refractivity contribution in [1.29, 1.82) is 0 Å². The second kappa shape index (κ2) is 7.67. The maximum atomic E-state index is 5.95. The highest BCUT2D eigenvalue weighted by atomic mass is 79.9. The van der Waals surface area contributed by atoms with Crippen LogP contribution < -0.4 is 5.32 Å². The van der Waals surface area contributed by atoms with Crippen LogP contribution in [0.15, 0.2) is 46.9 Å². The second-order valence-corrected chi connectivity index (χ2v) is 5.78. The summed E-state index contributed by atoms with van der Waals surface area (Å²) in [6.45, 7) is 1.48. The number of halogens is 2. The van der Waals surface area contributed by atoms with Gasteiger partial charge in [-0.2, -0.15) is 0 Å². The van der Waals surface area contributed by atoms with Crippen LogP contribution in [0.4, 0.5) is 5.69 Å². The third-order valence-corrected chi connectivity index (χ3v) is 4.05. The van der Waals surface area contributed by atoms with E-state index in [2.05, 4.69) is 33.4 Å². The standard InChI is InChI=1S/C16H17BrClNO/c1-20-9-8-12-4-2-3-5-16(12)19-11-13-6-7-14(18)10-15(13)17/h2-7,10,19H,8-9,11H2,1H3. The number of para-hydroxylation sites is 1. The number of ether oxygens (including phenoxy) is 1. The molecule has 106 valence electrons. The Morgan fingerprint density at radius 1 is 1.15 bits per heavy atom. The first-order valence-electron chi connectivity index (χ1n) is 6.45. The lowest BCUT2D eigenvalue weighted by atomic mass is 10.1. The molecule has 0 saturated carbocycles. The molecule has 0 heterocycles. The second-order valence-electron chi connectivity index (χ2n) is 4.49. The molecule has 20 heavy (non-hydrogen) atoms. The molecule has 0 amide bonds. The Balaban J connectivity index is 2.06. The summed E-state index contributed by atoms with van der Waals surface area (Å²) in [6, 6.07) is 14.1. The normalized spacial score (nSPS) is 10.6. The molecule has 0 aliphatic heterocycles. The van der Waals surface area contributed by atoms with Gasteiger partial charge in [-0.3, -0.25) is 0 Å². The lowest BCUT2D eigenvalue weighted by Gasteiger charge is -2.13. The van der Waals surface area contributed by atoms with E-state index in [0.29, 0.717) is 0 Å². The van der Waals surface area contributed by atoms with Gasteiger partial charge in [-0.15, -0.1) is 0 Å². The molecule has 0 radical (unpaired) electrons. The predicted octanol–water partition coefficient (Wildman–Crippen LogP) is 4.90. The van der Waals surface area contributed by atoms with Crippen molar-refractivity contribution >= 4 is 33.2 Å². The Morgan fingerprint density at radius 3 is 2.70 bits per heavy atom. The number of rotatable bonds is 6. The monoisotopic (exact) mass is 353 g/mol. The molecule has 1 N–H and O–H groups in total. The lowest BCUT2D eigenvalue weighted by molar-refractivity contribution is 0.202. The highest BCUT2D eigenvalue weighted by Gasteiger charge is 2.04. The van der Waals surface area contributed by atoms with Crippen LogP contribution >= 0.6 is 27.5 Å². The third-order valence-electron chi connectivity index (χ3n) is 3.08. The molecule has 0 aliphatic carbocycles. The predicted molar refractivity (Wildman–Crippen MR) is 88.5 cm³/mol. The Kier molecular flexibility index (Phi) is 5.89. The largest absolute Gasteiger partial charge is 0.384 e. The van der Waals surface area contributed by atoms with Crippen molar-refractivity contribution in [1.82, 2.24) is 0 Å². The van der Waals surface area contributed by atoms with Gasteiger partial charge >= 0.3 is 0 Å². The van der Waals surface area contributed by atoms with Gasteiger partial charge in [-0.1, -0.05) is 51.8 Å². The van der Waals surface area contributed by atoms with Crippen LogP contribution in [0.2, 0.25) is 5.02 Å². The van der Waals surface area contributed by atoms with Gasteiger partial charge in [-0.25, -0.2) is 0 Å². The summed E-state index contributed by atoms with van der Waals surface area (Å²) in [4.78, 5) is 0. The molecule has 0 aliphatic rings. The van der Waals surface area contributed by atoms with Crippen molar-refractivity contribution < 1.29 is 4.74 Å². The average Bonchev–Trinajstić information content (AvgIpc) is 2.45. The van der Waals surface area contributed by atoms with Crippen LogP contribution in [0.1, 0.15) is 11.1 Å². The van der Waals surface area contributed by atoms with Gasteiger partial charge in [0.25, 0.3) is 0 Å². The van der Waals surface area contributed by atoms with Crippen LogP contribution in [0.3, 0.4) is 0 Å². The molecule has 2 nitrogen and oxygen atoms in total. The van der Waals surface area contributed by atoms with Crippen molar-refractivity contribution in [2.45, 2.75) is 13.0 Å². The lowest BCUT2D eigenvalue weighted by Crippen LogP contribution is -2.04. The maximum Gasteiger partial charge on any atom is 0.0503 e. The number of benzene rings is 2. The number of hydrogen-bond donors (Lipinski definition) is 1. The summed E-state index contributed by atoms with van der Waals surface area (Å²) in [5.74, 6) is 0. The molecule has 2 aromatic carbocycles. The van der Waals surface area contributed by atoms with E-state index in [4.69, 9.17) is 16.3 Å². The van der Waals surface area contributed by atoms with Gasteiger partial charge in [-0.05, 0) is 35.7 Å². The minimum atomic E-state index is 0.726. The fourth-order valence-corrected chi connectivity index (χ4v) is 2.80. The number of anilines is 1. The zero-order valence-electron chi connectivity index (χ0n) is 11.3. The van der Waals surface area contributed by atoms with E-state index in [9.17, 15) is 0 Å². The quantitative estimate of drug-likeness (QED) is 0.796. The van der Waals surface area contributed by atoms with Crippen LogP contribution in [0.25, 0.3) is 0 Å². The zero-order valence-corrected chi connectivity index (χ0v) is 13.7. The van der Waals surface area contributed by atoms with Crippen LogP contribution in [-0.2, 0) is 17.7 Å². The molecule has 4 heteroatoms. The maximum absolute atomic E-state index is 5.95. The molecule has 2 rings (SSSR count). The first-order valence-corrected chi connectivity index (χ1v) is 7.62. The summed E-state index contributed by atoms with van der Waals surface area (Å²) in [5, 5.41) is 4.21. The van der Waals surface area contributed by atoms with E-state index < -0.39 is 0 Å². The summed E-state index contributed by atoms with van der Waals surface area (Å²) >= 11 is 9.49. The number of methoxy groups -OCH3 is 1. The van der Waals surface area contributed by atoms with Crippen molar-refractivity contribution in [2.75, 3.05) is 19.0 Å². The van der Waals surface area contributed by atoms with Crippen molar-refractivity contribution in [3.8, 4) is 0 Å². The van der Waals surface area contributed by atoms with E-state index in [1.807, 2.05) is 30.3 Å². The van der Waals surface area contributed by atoms with E-state index >= 15 is 0 Å². The molecule has 0 bridgehead atoms. The highest BCUT2D eigenvalue weighted by molar-refractivity contribution is 9.10. The first-order chi connectivity index (χ1) is 9.70. The van der Waals surface area contributed by atoms with Crippen LogP contribution in [-0.4, -0.2) is 13.7 Å². The molecule has 0 saturated heterocycles. The van der Waals surface area contributed by atoms with Crippen LogP contribution in [0.5, 0.6) is 0 Å². The highest BCUT2D eigenvalue weighted by Crippen LogP contribution is 2.23. The van der Waals surface area contributed by atoms with Crippen molar-refractivity contribution in [3.63, 3.8) is 0 Å². The molecule has 0 unspecified atom stereocenters. The van der Waals surface area contributed by atoms with Crippen molar-refractivity contribution in [3.05, 3.63) is 63.1 Å². The molecule has 0 fully saturated rings. The fourth-order valence-electron chi connectivity index (χ4n) is 1.98. The Hall–Kier alpha value is -1.03. The minimum Gasteiger partial charge on any atom is -0.384 e.